The molecule has 1 aliphatic rings. The number of benzene rings is 1. The Bertz CT molecular complexity index is 379. The maximum atomic E-state index is 11.7. The van der Waals surface area contributed by atoms with Crippen LogP contribution in [0.15, 0.2) is 24.3 Å². The van der Waals surface area contributed by atoms with Crippen LogP contribution in [0.3, 0.4) is 0 Å². The number of para-hydroxylation sites is 1. The fourth-order valence-electron chi connectivity index (χ4n) is 1.95. The van der Waals surface area contributed by atoms with E-state index >= 15 is 0 Å². The van der Waals surface area contributed by atoms with Gasteiger partial charge in [0.05, 0.1) is 12.5 Å². The Kier molecular flexibility index (Phi) is 3.41. The Hall–Kier alpha value is -1.55. The van der Waals surface area contributed by atoms with E-state index in [9.17, 15) is 4.79 Å². The van der Waals surface area contributed by atoms with Crippen LogP contribution in [-0.4, -0.2) is 30.7 Å². The van der Waals surface area contributed by atoms with Crippen LogP contribution in [0, 0.1) is 5.92 Å². The largest absolute Gasteiger partial charge is 0.395 e. The molecule has 16 heavy (non-hydrogen) atoms. The fourth-order valence-corrected chi connectivity index (χ4v) is 1.95. The van der Waals surface area contributed by atoms with E-state index in [0.717, 1.165) is 12.1 Å². The minimum atomic E-state index is -0.0403. The molecule has 0 spiro atoms. The molecule has 1 heterocycles. The molecule has 4 nitrogen and oxygen atoms in total. The van der Waals surface area contributed by atoms with Crippen molar-refractivity contribution in [3.63, 3.8) is 0 Å². The topological polar surface area (TPSA) is 61.4 Å². The molecule has 2 rings (SSSR count). The van der Waals surface area contributed by atoms with Crippen LogP contribution in [-0.2, 0) is 11.2 Å². The molecule has 4 heteroatoms. The highest BCUT2D eigenvalue weighted by molar-refractivity contribution is 5.80. The van der Waals surface area contributed by atoms with E-state index in [2.05, 4.69) is 10.6 Å². The van der Waals surface area contributed by atoms with Crippen LogP contribution in [0.25, 0.3) is 0 Å². The van der Waals surface area contributed by atoms with Gasteiger partial charge in [-0.2, -0.15) is 0 Å². The molecular formula is C12H16N2O2. The molecule has 86 valence electrons. The quantitative estimate of drug-likeness (QED) is 0.690. The first kappa shape index (κ1) is 11.0. The fraction of sp³-hybridized carbons (Fsp3) is 0.417. The monoisotopic (exact) mass is 220 g/mol. The normalized spacial score (nSPS) is 18.4. The van der Waals surface area contributed by atoms with Crippen molar-refractivity contribution in [2.45, 2.75) is 6.42 Å². The van der Waals surface area contributed by atoms with Gasteiger partial charge in [0.1, 0.15) is 0 Å². The van der Waals surface area contributed by atoms with Crippen LogP contribution >= 0.6 is 0 Å². The average Bonchev–Trinajstić information content (AvgIpc) is 2.35. The molecule has 1 amide bonds. The van der Waals surface area contributed by atoms with Crippen molar-refractivity contribution in [2.24, 2.45) is 5.92 Å². The second kappa shape index (κ2) is 4.99. The summed E-state index contributed by atoms with van der Waals surface area (Å²) < 4.78 is 0. The lowest BCUT2D eigenvalue weighted by Crippen LogP contribution is -2.39. The van der Waals surface area contributed by atoms with Crippen molar-refractivity contribution < 1.29 is 9.90 Å². The highest BCUT2D eigenvalue weighted by atomic mass is 16.3. The van der Waals surface area contributed by atoms with E-state index in [4.69, 9.17) is 5.11 Å². The Morgan fingerprint density at radius 1 is 1.50 bits per heavy atom. The van der Waals surface area contributed by atoms with Gasteiger partial charge in [-0.1, -0.05) is 18.2 Å². The average molecular weight is 220 g/mol. The van der Waals surface area contributed by atoms with Crippen LogP contribution in [0.5, 0.6) is 0 Å². The number of hydrogen-bond acceptors (Lipinski definition) is 3. The Morgan fingerprint density at radius 2 is 2.31 bits per heavy atom. The Morgan fingerprint density at radius 3 is 3.12 bits per heavy atom. The van der Waals surface area contributed by atoms with Gasteiger partial charge >= 0.3 is 0 Å². The van der Waals surface area contributed by atoms with E-state index in [1.807, 2.05) is 24.3 Å². The van der Waals surface area contributed by atoms with Gasteiger partial charge in [0.25, 0.3) is 0 Å². The van der Waals surface area contributed by atoms with Gasteiger partial charge in [0.2, 0.25) is 5.91 Å². The summed E-state index contributed by atoms with van der Waals surface area (Å²) in [6.07, 6.45) is 0.764. The molecule has 1 aliphatic heterocycles. The zero-order chi connectivity index (χ0) is 11.4. The number of hydrogen-bond donors (Lipinski definition) is 3. The summed E-state index contributed by atoms with van der Waals surface area (Å²) in [5.74, 6) is -0.0301. The van der Waals surface area contributed by atoms with Gasteiger partial charge < -0.3 is 15.7 Å². The third-order valence-electron chi connectivity index (χ3n) is 2.80. The number of aliphatic hydroxyl groups is 1. The summed E-state index contributed by atoms with van der Waals surface area (Å²) in [7, 11) is 0. The summed E-state index contributed by atoms with van der Waals surface area (Å²) >= 11 is 0. The summed E-state index contributed by atoms with van der Waals surface area (Å²) in [5, 5.41) is 14.6. The SMILES string of the molecule is O=C(NCCO)C1CNc2ccccc2C1. The van der Waals surface area contributed by atoms with Crippen molar-refractivity contribution in [3.8, 4) is 0 Å². The number of amides is 1. The Balaban J connectivity index is 1.99. The summed E-state index contributed by atoms with van der Waals surface area (Å²) in [5.41, 5.74) is 2.30. The highest BCUT2D eigenvalue weighted by Gasteiger charge is 2.23. The van der Waals surface area contributed by atoms with E-state index in [1.165, 1.54) is 5.56 Å². The molecular weight excluding hydrogens is 204 g/mol. The van der Waals surface area contributed by atoms with Gasteiger partial charge in [-0.05, 0) is 18.1 Å². The smallest absolute Gasteiger partial charge is 0.225 e. The van der Waals surface area contributed by atoms with E-state index in [1.54, 1.807) is 0 Å². The molecule has 1 aromatic carbocycles. The van der Waals surface area contributed by atoms with Gasteiger partial charge in [0, 0.05) is 18.8 Å². The summed E-state index contributed by atoms with van der Waals surface area (Å²) in [6.45, 7) is 0.980. The molecule has 1 atom stereocenters. The standard InChI is InChI=1S/C12H16N2O2/c15-6-5-13-12(16)10-7-9-3-1-2-4-11(9)14-8-10/h1-4,10,14-15H,5-8H2,(H,13,16). The molecule has 1 unspecified atom stereocenters. The number of rotatable bonds is 3. The highest BCUT2D eigenvalue weighted by Crippen LogP contribution is 2.24. The number of fused-ring (bicyclic) bond motifs is 1. The van der Waals surface area contributed by atoms with Crippen LogP contribution in [0.1, 0.15) is 5.56 Å². The van der Waals surface area contributed by atoms with E-state index in [0.29, 0.717) is 13.1 Å². The van der Waals surface area contributed by atoms with Gasteiger partial charge in [0.15, 0.2) is 0 Å². The van der Waals surface area contributed by atoms with Gasteiger partial charge in [-0.3, -0.25) is 4.79 Å². The van der Waals surface area contributed by atoms with Crippen LogP contribution < -0.4 is 10.6 Å². The van der Waals surface area contributed by atoms with E-state index in [-0.39, 0.29) is 18.4 Å². The summed E-state index contributed by atoms with van der Waals surface area (Å²) in [6, 6.07) is 8.03. The predicted molar refractivity (Wildman–Crippen MR) is 62.2 cm³/mol. The number of carbonyl (C=O) groups is 1. The molecule has 0 aliphatic carbocycles. The number of nitrogens with one attached hydrogen (secondary N) is 2. The molecule has 0 radical (unpaired) electrons. The lowest BCUT2D eigenvalue weighted by atomic mass is 9.93. The first-order valence-corrected chi connectivity index (χ1v) is 5.51. The van der Waals surface area contributed by atoms with Crippen molar-refractivity contribution in [1.29, 1.82) is 0 Å². The first-order chi connectivity index (χ1) is 7.81. The van der Waals surface area contributed by atoms with Gasteiger partial charge in [-0.15, -0.1) is 0 Å². The lowest BCUT2D eigenvalue weighted by molar-refractivity contribution is -0.124. The zero-order valence-corrected chi connectivity index (χ0v) is 9.07. The second-order valence-electron chi connectivity index (χ2n) is 3.95. The maximum absolute atomic E-state index is 11.7. The van der Waals surface area contributed by atoms with Crippen LogP contribution in [0.2, 0.25) is 0 Å². The Labute approximate surface area is 94.7 Å². The number of carbonyl (C=O) groups excluding carboxylic acids is 1. The predicted octanol–water partition coefficient (Wildman–Crippen LogP) is 0.379. The number of anilines is 1. The molecule has 0 fully saturated rings. The minimum Gasteiger partial charge on any atom is -0.395 e. The zero-order valence-electron chi connectivity index (χ0n) is 9.07. The van der Waals surface area contributed by atoms with Crippen molar-refractivity contribution in [3.05, 3.63) is 29.8 Å². The van der Waals surface area contributed by atoms with Gasteiger partial charge in [-0.25, -0.2) is 0 Å². The minimum absolute atomic E-state index is 0.0102. The molecule has 0 saturated heterocycles. The molecule has 1 aromatic rings. The first-order valence-electron chi connectivity index (χ1n) is 5.51. The second-order valence-corrected chi connectivity index (χ2v) is 3.95. The lowest BCUT2D eigenvalue weighted by Gasteiger charge is -2.25. The maximum Gasteiger partial charge on any atom is 0.225 e. The van der Waals surface area contributed by atoms with Crippen molar-refractivity contribution in [2.75, 3.05) is 25.0 Å². The van der Waals surface area contributed by atoms with Crippen molar-refractivity contribution >= 4 is 11.6 Å². The molecule has 0 bridgehead atoms. The molecule has 0 saturated carbocycles. The summed E-state index contributed by atoms with van der Waals surface area (Å²) in [4.78, 5) is 11.7. The van der Waals surface area contributed by atoms with Crippen molar-refractivity contribution in [1.82, 2.24) is 5.32 Å². The van der Waals surface area contributed by atoms with Crippen LogP contribution in [0.4, 0.5) is 5.69 Å². The third kappa shape index (κ3) is 2.33. The number of aliphatic hydroxyl groups excluding tert-OH is 1. The molecule has 3 N–H and O–H groups in total. The third-order valence-corrected chi connectivity index (χ3v) is 2.80. The molecule has 0 aromatic heterocycles. The van der Waals surface area contributed by atoms with E-state index < -0.39 is 0 Å².